The Morgan fingerprint density at radius 1 is 1.32 bits per heavy atom. The van der Waals surface area contributed by atoms with E-state index in [1.165, 1.54) is 0 Å². The minimum atomic E-state index is 0.773. The van der Waals surface area contributed by atoms with Crippen LogP contribution in [0.1, 0.15) is 6.42 Å². The van der Waals surface area contributed by atoms with E-state index >= 15 is 0 Å². The zero-order chi connectivity index (χ0) is 13.5. The average Bonchev–Trinajstić information content (AvgIpc) is 2.45. The highest BCUT2D eigenvalue weighted by molar-refractivity contribution is 5.48. The Hall–Kier alpha value is -1.40. The highest BCUT2D eigenvalue weighted by Gasteiger charge is 2.12. The number of ether oxygens (including phenoxy) is 1. The first-order valence-corrected chi connectivity index (χ1v) is 6.79. The first-order chi connectivity index (χ1) is 9.25. The fourth-order valence-corrected chi connectivity index (χ4v) is 2.02. The predicted octanol–water partition coefficient (Wildman–Crippen LogP) is 0.677. The maximum atomic E-state index is 5.35. The molecule has 0 radical (unpaired) electrons. The van der Waals surface area contributed by atoms with Crippen molar-refractivity contribution >= 4 is 11.6 Å². The summed E-state index contributed by atoms with van der Waals surface area (Å²) in [5, 5.41) is 3.34. The van der Waals surface area contributed by atoms with E-state index in [1.54, 1.807) is 6.33 Å². The number of rotatable bonds is 6. The number of hydrogen-bond acceptors (Lipinski definition) is 6. The third-order valence-electron chi connectivity index (χ3n) is 3.08. The molecule has 0 saturated carbocycles. The number of hydrogen-bond donors (Lipinski definition) is 1. The van der Waals surface area contributed by atoms with Gasteiger partial charge in [0.2, 0.25) is 0 Å². The highest BCUT2D eigenvalue weighted by Crippen LogP contribution is 2.15. The zero-order valence-corrected chi connectivity index (χ0v) is 11.8. The van der Waals surface area contributed by atoms with Crippen LogP contribution in [-0.2, 0) is 4.74 Å². The van der Waals surface area contributed by atoms with Crippen molar-refractivity contribution in [3.8, 4) is 0 Å². The largest absolute Gasteiger partial charge is 0.378 e. The summed E-state index contributed by atoms with van der Waals surface area (Å²) in [6.45, 7) is 5.35. The molecule has 1 fully saturated rings. The highest BCUT2D eigenvalue weighted by atomic mass is 16.5. The van der Waals surface area contributed by atoms with Crippen LogP contribution in [0.25, 0.3) is 0 Å². The standard InChI is InChI=1S/C13H23N5O/c1-17(2)5-3-4-14-12-10-13(16-11-15-12)18-6-8-19-9-7-18/h10-11H,3-9H2,1-2H3,(H,14,15,16). The quantitative estimate of drug-likeness (QED) is 0.763. The lowest BCUT2D eigenvalue weighted by Crippen LogP contribution is -2.36. The van der Waals surface area contributed by atoms with Gasteiger partial charge in [-0.15, -0.1) is 0 Å². The van der Waals surface area contributed by atoms with Crippen molar-refractivity contribution in [2.24, 2.45) is 0 Å². The van der Waals surface area contributed by atoms with E-state index < -0.39 is 0 Å². The molecule has 2 heterocycles. The molecule has 0 unspecified atom stereocenters. The minimum absolute atomic E-state index is 0.773. The lowest BCUT2D eigenvalue weighted by molar-refractivity contribution is 0.122. The molecule has 0 bridgehead atoms. The fraction of sp³-hybridized carbons (Fsp3) is 0.692. The molecule has 1 aromatic rings. The number of nitrogens with zero attached hydrogens (tertiary/aromatic N) is 4. The SMILES string of the molecule is CN(C)CCCNc1cc(N2CCOCC2)ncn1. The third kappa shape index (κ3) is 4.65. The summed E-state index contributed by atoms with van der Waals surface area (Å²) >= 11 is 0. The fourth-order valence-electron chi connectivity index (χ4n) is 2.02. The van der Waals surface area contributed by atoms with Crippen LogP contribution < -0.4 is 10.2 Å². The molecule has 1 aromatic heterocycles. The first kappa shape index (κ1) is 14.0. The van der Waals surface area contributed by atoms with Crippen LogP contribution in [0.4, 0.5) is 11.6 Å². The maximum absolute atomic E-state index is 5.35. The minimum Gasteiger partial charge on any atom is -0.378 e. The second-order valence-corrected chi connectivity index (χ2v) is 4.94. The van der Waals surface area contributed by atoms with Gasteiger partial charge in [0.25, 0.3) is 0 Å². The molecular formula is C13H23N5O. The van der Waals surface area contributed by atoms with Gasteiger partial charge in [0.15, 0.2) is 0 Å². The van der Waals surface area contributed by atoms with E-state index in [1.807, 2.05) is 6.07 Å². The topological polar surface area (TPSA) is 53.5 Å². The third-order valence-corrected chi connectivity index (χ3v) is 3.08. The first-order valence-electron chi connectivity index (χ1n) is 6.79. The molecule has 106 valence electrons. The summed E-state index contributed by atoms with van der Waals surface area (Å²) in [5.41, 5.74) is 0. The summed E-state index contributed by atoms with van der Waals surface area (Å²) in [6.07, 6.45) is 2.73. The molecular weight excluding hydrogens is 242 g/mol. The van der Waals surface area contributed by atoms with E-state index in [0.717, 1.165) is 57.4 Å². The smallest absolute Gasteiger partial charge is 0.134 e. The summed E-state index contributed by atoms with van der Waals surface area (Å²) in [5.74, 6) is 1.88. The zero-order valence-electron chi connectivity index (χ0n) is 11.8. The number of morpholine rings is 1. The van der Waals surface area contributed by atoms with Crippen LogP contribution in [0, 0.1) is 0 Å². The van der Waals surface area contributed by atoms with E-state index in [-0.39, 0.29) is 0 Å². The van der Waals surface area contributed by atoms with E-state index in [2.05, 4.69) is 39.2 Å². The molecule has 6 nitrogen and oxygen atoms in total. The van der Waals surface area contributed by atoms with Gasteiger partial charge in [-0.1, -0.05) is 0 Å². The van der Waals surface area contributed by atoms with Gasteiger partial charge in [-0.25, -0.2) is 9.97 Å². The molecule has 19 heavy (non-hydrogen) atoms. The van der Waals surface area contributed by atoms with Gasteiger partial charge in [-0.05, 0) is 27.1 Å². The van der Waals surface area contributed by atoms with Crippen molar-refractivity contribution in [1.29, 1.82) is 0 Å². The van der Waals surface area contributed by atoms with E-state index in [4.69, 9.17) is 4.74 Å². The molecule has 0 amide bonds. The normalized spacial score (nSPS) is 15.8. The molecule has 2 rings (SSSR count). The molecule has 1 aliphatic rings. The molecule has 0 atom stereocenters. The Labute approximate surface area is 114 Å². The Morgan fingerprint density at radius 2 is 2.11 bits per heavy atom. The van der Waals surface area contributed by atoms with Crippen LogP contribution in [0.3, 0.4) is 0 Å². The van der Waals surface area contributed by atoms with Crippen LogP contribution in [0.15, 0.2) is 12.4 Å². The summed E-state index contributed by atoms with van der Waals surface area (Å²) in [6, 6.07) is 2.01. The van der Waals surface area contributed by atoms with Gasteiger partial charge in [0.05, 0.1) is 13.2 Å². The van der Waals surface area contributed by atoms with Crippen LogP contribution in [0.2, 0.25) is 0 Å². The van der Waals surface area contributed by atoms with Gasteiger partial charge in [0, 0.05) is 25.7 Å². The van der Waals surface area contributed by atoms with Gasteiger partial charge < -0.3 is 19.9 Å². The number of anilines is 2. The van der Waals surface area contributed by atoms with Gasteiger partial charge >= 0.3 is 0 Å². The summed E-state index contributed by atoms with van der Waals surface area (Å²) < 4.78 is 5.35. The summed E-state index contributed by atoms with van der Waals surface area (Å²) in [7, 11) is 4.17. The lowest BCUT2D eigenvalue weighted by atomic mass is 10.3. The van der Waals surface area contributed by atoms with E-state index in [9.17, 15) is 0 Å². The Bertz CT molecular complexity index is 379. The molecule has 6 heteroatoms. The van der Waals surface area contributed by atoms with Gasteiger partial charge in [0.1, 0.15) is 18.0 Å². The Balaban J connectivity index is 1.84. The Kier molecular flexibility index (Phi) is 5.35. The van der Waals surface area contributed by atoms with Crippen molar-refractivity contribution in [2.45, 2.75) is 6.42 Å². The molecule has 0 aromatic carbocycles. The lowest BCUT2D eigenvalue weighted by Gasteiger charge is -2.27. The molecule has 0 aliphatic carbocycles. The van der Waals surface area contributed by atoms with Gasteiger partial charge in [-0.3, -0.25) is 0 Å². The molecule has 0 spiro atoms. The van der Waals surface area contributed by atoms with Crippen molar-refractivity contribution in [3.05, 3.63) is 12.4 Å². The molecule has 1 aliphatic heterocycles. The molecule has 1 saturated heterocycles. The van der Waals surface area contributed by atoms with Crippen molar-refractivity contribution < 1.29 is 4.74 Å². The number of aromatic nitrogens is 2. The van der Waals surface area contributed by atoms with Gasteiger partial charge in [-0.2, -0.15) is 0 Å². The molecule has 1 N–H and O–H groups in total. The predicted molar refractivity (Wildman–Crippen MR) is 76.7 cm³/mol. The summed E-state index contributed by atoms with van der Waals surface area (Å²) in [4.78, 5) is 13.0. The second-order valence-electron chi connectivity index (χ2n) is 4.94. The Morgan fingerprint density at radius 3 is 2.84 bits per heavy atom. The maximum Gasteiger partial charge on any atom is 0.134 e. The van der Waals surface area contributed by atoms with Crippen LogP contribution >= 0.6 is 0 Å². The van der Waals surface area contributed by atoms with E-state index in [0.29, 0.717) is 0 Å². The number of nitrogens with one attached hydrogen (secondary N) is 1. The monoisotopic (exact) mass is 265 g/mol. The van der Waals surface area contributed by atoms with Crippen LogP contribution in [-0.4, -0.2) is 68.4 Å². The van der Waals surface area contributed by atoms with Crippen molar-refractivity contribution in [1.82, 2.24) is 14.9 Å². The van der Waals surface area contributed by atoms with Crippen molar-refractivity contribution in [3.63, 3.8) is 0 Å². The van der Waals surface area contributed by atoms with Crippen LogP contribution in [0.5, 0.6) is 0 Å². The second kappa shape index (κ2) is 7.25. The average molecular weight is 265 g/mol. The van der Waals surface area contributed by atoms with Crippen molar-refractivity contribution in [2.75, 3.05) is 63.7 Å².